The average molecular weight is 283 g/mol. The fraction of sp³-hybridized carbons (Fsp3) is 0.474. The lowest BCUT2D eigenvalue weighted by molar-refractivity contribution is 0.478. The third kappa shape index (κ3) is 2.99. The molecular formula is C19H25NO. The quantitative estimate of drug-likeness (QED) is 0.820. The van der Waals surface area contributed by atoms with E-state index in [1.807, 2.05) is 0 Å². The van der Waals surface area contributed by atoms with Gasteiger partial charge in [-0.05, 0) is 48.3 Å². The highest BCUT2D eigenvalue weighted by Gasteiger charge is 2.18. The third-order valence-corrected chi connectivity index (χ3v) is 4.14. The predicted octanol–water partition coefficient (Wildman–Crippen LogP) is 5.23. The van der Waals surface area contributed by atoms with Crippen LogP contribution in [0.5, 0.6) is 11.5 Å². The molecule has 0 bridgehead atoms. The molecule has 0 spiro atoms. The maximum absolute atomic E-state index is 6.22. The number of aromatic amines is 1. The van der Waals surface area contributed by atoms with Crippen molar-refractivity contribution in [2.45, 2.75) is 52.9 Å². The van der Waals surface area contributed by atoms with E-state index < -0.39 is 0 Å². The predicted molar refractivity (Wildman–Crippen MR) is 87.3 cm³/mol. The molecular weight excluding hydrogens is 258 g/mol. The molecule has 0 aliphatic carbocycles. The van der Waals surface area contributed by atoms with E-state index in [0.717, 1.165) is 30.8 Å². The summed E-state index contributed by atoms with van der Waals surface area (Å²) in [6, 6.07) is 8.89. The van der Waals surface area contributed by atoms with Gasteiger partial charge in [0.15, 0.2) is 0 Å². The number of nitrogens with one attached hydrogen (secondary N) is 1. The molecule has 1 aliphatic heterocycles. The topological polar surface area (TPSA) is 25.0 Å². The highest BCUT2D eigenvalue weighted by atomic mass is 16.5. The number of hydrogen-bond donors (Lipinski definition) is 1. The zero-order chi connectivity index (χ0) is 15.0. The first-order chi connectivity index (χ1) is 10.0. The molecule has 0 saturated carbocycles. The number of fused-ring (bicyclic) bond motifs is 2. The molecule has 0 unspecified atom stereocenters. The van der Waals surface area contributed by atoms with Crippen molar-refractivity contribution in [3.05, 3.63) is 46.8 Å². The number of H-pyrrole nitrogens is 1. The van der Waals surface area contributed by atoms with Gasteiger partial charge >= 0.3 is 0 Å². The molecule has 2 nitrogen and oxygen atoms in total. The number of aromatic nitrogens is 1. The van der Waals surface area contributed by atoms with Crippen LogP contribution in [-0.2, 0) is 19.3 Å². The maximum atomic E-state index is 6.22. The number of aryl methyl sites for hydroxylation is 2. The molecule has 3 rings (SSSR count). The zero-order valence-electron chi connectivity index (χ0n) is 13.5. The Bertz CT molecular complexity index is 637. The van der Waals surface area contributed by atoms with Crippen LogP contribution in [0.4, 0.5) is 0 Å². The summed E-state index contributed by atoms with van der Waals surface area (Å²) >= 11 is 0. The highest BCUT2D eigenvalue weighted by Crippen LogP contribution is 2.36. The van der Waals surface area contributed by atoms with E-state index in [0.29, 0.717) is 11.8 Å². The van der Waals surface area contributed by atoms with Crippen molar-refractivity contribution in [1.29, 1.82) is 0 Å². The van der Waals surface area contributed by atoms with E-state index in [-0.39, 0.29) is 0 Å². The Morgan fingerprint density at radius 3 is 2.57 bits per heavy atom. The first-order valence-corrected chi connectivity index (χ1v) is 8.04. The molecule has 0 radical (unpaired) electrons. The van der Waals surface area contributed by atoms with Gasteiger partial charge in [-0.2, -0.15) is 0 Å². The Labute approximate surface area is 127 Å². The molecule has 21 heavy (non-hydrogen) atoms. The van der Waals surface area contributed by atoms with Crippen LogP contribution in [0, 0.1) is 5.92 Å². The second kappa shape index (κ2) is 5.59. The van der Waals surface area contributed by atoms with Crippen molar-refractivity contribution in [3.8, 4) is 11.5 Å². The van der Waals surface area contributed by atoms with Crippen LogP contribution in [0.25, 0.3) is 0 Å². The van der Waals surface area contributed by atoms with Crippen LogP contribution < -0.4 is 4.74 Å². The van der Waals surface area contributed by atoms with Gasteiger partial charge in [0.2, 0.25) is 0 Å². The summed E-state index contributed by atoms with van der Waals surface area (Å²) in [6.45, 7) is 8.93. The second-order valence-electron chi connectivity index (χ2n) is 6.86. The smallest absolute Gasteiger partial charge is 0.148 e. The Morgan fingerprint density at radius 1 is 1.05 bits per heavy atom. The van der Waals surface area contributed by atoms with Gasteiger partial charge in [0.1, 0.15) is 11.5 Å². The summed E-state index contributed by atoms with van der Waals surface area (Å²) < 4.78 is 6.22. The molecule has 2 heterocycles. The lowest BCUT2D eigenvalue weighted by Crippen LogP contribution is -1.97. The first-order valence-electron chi connectivity index (χ1n) is 8.04. The van der Waals surface area contributed by atoms with Gasteiger partial charge in [0.05, 0.1) is 5.69 Å². The fourth-order valence-electron chi connectivity index (χ4n) is 2.97. The number of ether oxygens (including phenoxy) is 1. The van der Waals surface area contributed by atoms with E-state index in [1.165, 1.54) is 22.5 Å². The van der Waals surface area contributed by atoms with Crippen LogP contribution in [0.1, 0.15) is 56.1 Å². The van der Waals surface area contributed by atoms with E-state index in [9.17, 15) is 0 Å². The normalized spacial score (nSPS) is 13.8. The van der Waals surface area contributed by atoms with Crippen molar-refractivity contribution in [3.63, 3.8) is 0 Å². The highest BCUT2D eigenvalue weighted by molar-refractivity contribution is 5.46. The number of rotatable bonds is 3. The van der Waals surface area contributed by atoms with E-state index in [4.69, 9.17) is 4.74 Å². The van der Waals surface area contributed by atoms with Crippen molar-refractivity contribution in [2.75, 3.05) is 0 Å². The Balaban J connectivity index is 1.92. The van der Waals surface area contributed by atoms with Gasteiger partial charge in [-0.3, -0.25) is 0 Å². The van der Waals surface area contributed by atoms with Crippen LogP contribution in [-0.4, -0.2) is 4.98 Å². The minimum atomic E-state index is 0.507. The Morgan fingerprint density at radius 2 is 1.86 bits per heavy atom. The van der Waals surface area contributed by atoms with Crippen molar-refractivity contribution < 1.29 is 4.74 Å². The minimum absolute atomic E-state index is 0.507. The summed E-state index contributed by atoms with van der Waals surface area (Å²) in [5, 5.41) is 0. The molecule has 0 fully saturated rings. The Kier molecular flexibility index (Phi) is 3.79. The monoisotopic (exact) mass is 283 g/mol. The van der Waals surface area contributed by atoms with Gasteiger partial charge < -0.3 is 9.72 Å². The van der Waals surface area contributed by atoms with Crippen LogP contribution >= 0.6 is 0 Å². The third-order valence-electron chi connectivity index (χ3n) is 4.14. The summed E-state index contributed by atoms with van der Waals surface area (Å²) in [7, 11) is 0. The van der Waals surface area contributed by atoms with Gasteiger partial charge in [-0.1, -0.05) is 39.8 Å². The van der Waals surface area contributed by atoms with Crippen LogP contribution in [0.3, 0.4) is 0 Å². The van der Waals surface area contributed by atoms with E-state index in [1.54, 1.807) is 0 Å². The molecule has 1 aromatic heterocycles. The molecule has 0 saturated heterocycles. The summed E-state index contributed by atoms with van der Waals surface area (Å²) in [5.41, 5.74) is 5.19. The fourth-order valence-corrected chi connectivity index (χ4v) is 2.97. The lowest BCUT2D eigenvalue weighted by atomic mass is 9.99. The van der Waals surface area contributed by atoms with Gasteiger partial charge in [0.25, 0.3) is 0 Å². The van der Waals surface area contributed by atoms with Crippen molar-refractivity contribution in [2.24, 2.45) is 5.92 Å². The number of benzene rings is 1. The van der Waals surface area contributed by atoms with Gasteiger partial charge in [-0.25, -0.2) is 0 Å². The van der Waals surface area contributed by atoms with E-state index in [2.05, 4.69) is 56.9 Å². The first kappa shape index (κ1) is 14.2. The molecule has 0 atom stereocenters. The SMILES string of the molecule is CC(C)Cc1ccc2c(c1)Oc1cc(C(C)C)[nH]c1CC2. The molecule has 0 amide bonds. The molecule has 2 aromatic rings. The van der Waals surface area contributed by atoms with Crippen molar-refractivity contribution >= 4 is 0 Å². The largest absolute Gasteiger partial charge is 0.455 e. The summed E-state index contributed by atoms with van der Waals surface area (Å²) in [6.07, 6.45) is 3.18. The standard InChI is InChI=1S/C19H25NO/c1-12(2)9-14-5-6-15-7-8-16-19(21-18(15)10-14)11-17(20-16)13(3)4/h5-6,10-13,20H,7-9H2,1-4H3. The van der Waals surface area contributed by atoms with Crippen molar-refractivity contribution in [1.82, 2.24) is 4.98 Å². The maximum Gasteiger partial charge on any atom is 0.148 e. The zero-order valence-corrected chi connectivity index (χ0v) is 13.5. The van der Waals surface area contributed by atoms with Crippen LogP contribution in [0.15, 0.2) is 24.3 Å². The molecule has 1 aliphatic rings. The molecule has 112 valence electrons. The summed E-state index contributed by atoms with van der Waals surface area (Å²) in [4.78, 5) is 3.53. The van der Waals surface area contributed by atoms with E-state index >= 15 is 0 Å². The minimum Gasteiger partial charge on any atom is -0.455 e. The van der Waals surface area contributed by atoms with Gasteiger partial charge in [-0.15, -0.1) is 0 Å². The molecule has 1 N–H and O–H groups in total. The molecule has 1 aromatic carbocycles. The second-order valence-corrected chi connectivity index (χ2v) is 6.86. The number of hydrogen-bond acceptors (Lipinski definition) is 1. The van der Waals surface area contributed by atoms with Crippen LogP contribution in [0.2, 0.25) is 0 Å². The lowest BCUT2D eigenvalue weighted by Gasteiger charge is -2.11. The Hall–Kier alpha value is -1.70. The average Bonchev–Trinajstić information content (AvgIpc) is 2.73. The summed E-state index contributed by atoms with van der Waals surface area (Å²) in [5.74, 6) is 3.23. The molecule has 2 heteroatoms. The van der Waals surface area contributed by atoms with Gasteiger partial charge in [0, 0.05) is 11.8 Å².